The number of alkyl halides is 1. The van der Waals surface area contributed by atoms with E-state index in [1.165, 1.54) is 10.4 Å². The minimum absolute atomic E-state index is 0.336. The van der Waals surface area contributed by atoms with Crippen molar-refractivity contribution in [2.75, 3.05) is 7.11 Å². The second-order valence-electron chi connectivity index (χ2n) is 4.12. The van der Waals surface area contributed by atoms with Crippen LogP contribution in [0.3, 0.4) is 0 Å². The summed E-state index contributed by atoms with van der Waals surface area (Å²) in [7, 11) is 1.68. The van der Waals surface area contributed by atoms with E-state index in [0.717, 1.165) is 27.4 Å². The first-order valence-electron chi connectivity index (χ1n) is 5.82. The number of ether oxygens (including phenoxy) is 1. The molecule has 1 atom stereocenters. The summed E-state index contributed by atoms with van der Waals surface area (Å²) in [4.78, 5) is 1.59. The Bertz CT molecular complexity index is 519. The van der Waals surface area contributed by atoms with Gasteiger partial charge in [0.05, 0.1) is 15.9 Å². The van der Waals surface area contributed by atoms with Crippen LogP contribution in [0.15, 0.2) is 34.1 Å². The van der Waals surface area contributed by atoms with Crippen LogP contribution in [0.5, 0.6) is 5.75 Å². The summed E-state index contributed by atoms with van der Waals surface area (Å²) < 4.78 is 6.15. The molecule has 0 aliphatic heterocycles. The molecule has 5 heteroatoms. The molecule has 2 aromatic rings. The first kappa shape index (κ1) is 15.4. The average Bonchev–Trinajstić information content (AvgIpc) is 2.77. The Hall–Kier alpha value is -0.0300. The van der Waals surface area contributed by atoms with E-state index in [2.05, 4.69) is 44.0 Å². The van der Waals surface area contributed by atoms with Crippen LogP contribution in [-0.2, 0) is 6.42 Å². The first-order chi connectivity index (χ1) is 9.10. The van der Waals surface area contributed by atoms with Gasteiger partial charge in [-0.1, -0.05) is 39.7 Å². The Balaban J connectivity index is 1.94. The number of hydrogen-bond donors (Lipinski definition) is 0. The molecule has 0 bridgehead atoms. The van der Waals surface area contributed by atoms with Crippen LogP contribution in [-0.4, -0.2) is 7.11 Å². The number of benzene rings is 1. The molecule has 2 rings (SSSR count). The van der Waals surface area contributed by atoms with E-state index in [1.54, 1.807) is 18.4 Å². The van der Waals surface area contributed by atoms with Crippen molar-refractivity contribution in [1.29, 1.82) is 0 Å². The van der Waals surface area contributed by atoms with Gasteiger partial charge in [0.1, 0.15) is 5.75 Å². The van der Waals surface area contributed by atoms with Gasteiger partial charge in [-0.25, -0.2) is 0 Å². The molecule has 0 fully saturated rings. The molecule has 1 heterocycles. The molecule has 1 aromatic carbocycles. The zero-order chi connectivity index (χ0) is 13.8. The lowest BCUT2D eigenvalue weighted by Crippen LogP contribution is -1.91. The lowest BCUT2D eigenvalue weighted by atomic mass is 10.1. The maximum absolute atomic E-state index is 6.05. The van der Waals surface area contributed by atoms with Crippen molar-refractivity contribution >= 4 is 54.8 Å². The second kappa shape index (κ2) is 7.11. The molecule has 19 heavy (non-hydrogen) atoms. The molecular weight excluding hydrogens is 411 g/mol. The van der Waals surface area contributed by atoms with Crippen molar-refractivity contribution < 1.29 is 4.74 Å². The summed E-state index contributed by atoms with van der Waals surface area (Å²) in [6.45, 7) is 0. The van der Waals surface area contributed by atoms with Crippen molar-refractivity contribution in [2.45, 2.75) is 17.7 Å². The second-order valence-corrected chi connectivity index (χ2v) is 8.04. The summed E-state index contributed by atoms with van der Waals surface area (Å²) in [6.07, 6.45) is 2.06. The van der Waals surface area contributed by atoms with Crippen molar-refractivity contribution in [2.24, 2.45) is 0 Å². The normalized spacial score (nSPS) is 12.4. The van der Waals surface area contributed by atoms with Gasteiger partial charge in [0.15, 0.2) is 0 Å². The molecule has 0 aliphatic rings. The molecule has 0 radical (unpaired) electrons. The molecule has 0 saturated heterocycles. The molecular formula is C14H13Br2ClOS. The fourth-order valence-electron chi connectivity index (χ4n) is 1.75. The van der Waals surface area contributed by atoms with E-state index >= 15 is 0 Å². The van der Waals surface area contributed by atoms with Crippen molar-refractivity contribution in [1.82, 2.24) is 0 Å². The number of thiophene rings is 1. The van der Waals surface area contributed by atoms with Gasteiger partial charge in [-0.2, -0.15) is 0 Å². The van der Waals surface area contributed by atoms with E-state index in [0.29, 0.717) is 4.83 Å². The maximum Gasteiger partial charge on any atom is 0.118 e. The fourth-order valence-corrected chi connectivity index (χ4v) is 4.15. The third-order valence-electron chi connectivity index (χ3n) is 2.82. The van der Waals surface area contributed by atoms with Gasteiger partial charge in [0.2, 0.25) is 0 Å². The fraction of sp³-hybridized carbons (Fsp3) is 0.286. The molecule has 1 unspecified atom stereocenters. The Labute approximate surface area is 139 Å². The SMILES string of the molecule is COc1ccc(CCC(Br)c2cc(Cl)c(Br)s2)cc1. The van der Waals surface area contributed by atoms with Crippen molar-refractivity contribution in [3.05, 3.63) is 49.6 Å². The lowest BCUT2D eigenvalue weighted by molar-refractivity contribution is 0.414. The van der Waals surface area contributed by atoms with Crippen LogP contribution in [0.1, 0.15) is 21.7 Å². The summed E-state index contributed by atoms with van der Waals surface area (Å²) in [5.41, 5.74) is 1.31. The van der Waals surface area contributed by atoms with Gasteiger partial charge in [0.25, 0.3) is 0 Å². The molecule has 0 saturated carbocycles. The van der Waals surface area contributed by atoms with E-state index < -0.39 is 0 Å². The number of halogens is 3. The standard InChI is InChI=1S/C14H13Br2ClOS/c1-18-10-5-2-9(3-6-10)4-7-11(15)13-8-12(17)14(16)19-13/h2-3,5-6,8,11H,4,7H2,1H3. The third-order valence-corrected chi connectivity index (χ3v) is 6.66. The van der Waals surface area contributed by atoms with Gasteiger partial charge in [-0.3, -0.25) is 0 Å². The zero-order valence-electron chi connectivity index (χ0n) is 10.3. The monoisotopic (exact) mass is 422 g/mol. The van der Waals surface area contributed by atoms with Gasteiger partial charge >= 0.3 is 0 Å². The minimum atomic E-state index is 0.336. The third kappa shape index (κ3) is 4.22. The summed E-state index contributed by atoms with van der Waals surface area (Å²) in [5, 5.41) is 0.786. The van der Waals surface area contributed by atoms with Crippen LogP contribution in [0.2, 0.25) is 5.02 Å². The van der Waals surface area contributed by atoms with Gasteiger partial charge < -0.3 is 4.74 Å². The molecule has 0 N–H and O–H groups in total. The van der Waals surface area contributed by atoms with Gasteiger partial charge in [-0.05, 0) is 52.5 Å². The number of methoxy groups -OCH3 is 1. The maximum atomic E-state index is 6.05. The van der Waals surface area contributed by atoms with E-state index in [9.17, 15) is 0 Å². The van der Waals surface area contributed by atoms with Crippen molar-refractivity contribution in [3.8, 4) is 5.75 Å². The highest BCUT2D eigenvalue weighted by Crippen LogP contribution is 2.40. The largest absolute Gasteiger partial charge is 0.497 e. The molecule has 1 nitrogen and oxygen atoms in total. The Kier molecular flexibility index (Phi) is 5.75. The molecule has 0 aliphatic carbocycles. The summed E-state index contributed by atoms with van der Waals surface area (Å²) in [5.74, 6) is 0.896. The topological polar surface area (TPSA) is 9.23 Å². The minimum Gasteiger partial charge on any atom is -0.497 e. The van der Waals surface area contributed by atoms with Crippen LogP contribution in [0.4, 0.5) is 0 Å². The quantitative estimate of drug-likeness (QED) is 0.516. The Morgan fingerprint density at radius 2 is 2.00 bits per heavy atom. The molecule has 1 aromatic heterocycles. The Morgan fingerprint density at radius 1 is 1.32 bits per heavy atom. The summed E-state index contributed by atoms with van der Waals surface area (Å²) >= 11 is 14.9. The van der Waals surface area contributed by atoms with Gasteiger partial charge in [-0.15, -0.1) is 11.3 Å². The number of aryl methyl sites for hydroxylation is 1. The average molecular weight is 425 g/mol. The smallest absolute Gasteiger partial charge is 0.118 e. The highest BCUT2D eigenvalue weighted by Gasteiger charge is 2.13. The van der Waals surface area contributed by atoms with Crippen LogP contribution in [0.25, 0.3) is 0 Å². The number of hydrogen-bond acceptors (Lipinski definition) is 2. The van der Waals surface area contributed by atoms with E-state index in [1.807, 2.05) is 18.2 Å². The lowest BCUT2D eigenvalue weighted by Gasteiger charge is -2.08. The van der Waals surface area contributed by atoms with E-state index in [-0.39, 0.29) is 0 Å². The van der Waals surface area contributed by atoms with E-state index in [4.69, 9.17) is 16.3 Å². The van der Waals surface area contributed by atoms with Crippen LogP contribution >= 0.6 is 54.8 Å². The summed E-state index contributed by atoms with van der Waals surface area (Å²) in [6, 6.07) is 10.2. The highest BCUT2D eigenvalue weighted by molar-refractivity contribution is 9.11. The molecule has 102 valence electrons. The highest BCUT2D eigenvalue weighted by atomic mass is 79.9. The molecule has 0 spiro atoms. The van der Waals surface area contributed by atoms with Crippen LogP contribution in [0, 0.1) is 0 Å². The predicted octanol–water partition coefficient (Wildman–Crippen LogP) is 6.24. The van der Waals surface area contributed by atoms with Crippen LogP contribution < -0.4 is 4.74 Å². The number of rotatable bonds is 5. The Morgan fingerprint density at radius 3 is 2.53 bits per heavy atom. The van der Waals surface area contributed by atoms with Gasteiger partial charge in [0, 0.05) is 9.70 Å². The zero-order valence-corrected chi connectivity index (χ0v) is 15.1. The molecule has 0 amide bonds. The van der Waals surface area contributed by atoms with Crippen molar-refractivity contribution in [3.63, 3.8) is 0 Å². The predicted molar refractivity (Wildman–Crippen MR) is 90.0 cm³/mol. The first-order valence-corrected chi connectivity index (χ1v) is 8.72.